The number of rotatable bonds is 5. The summed E-state index contributed by atoms with van der Waals surface area (Å²) < 4.78 is 10.5. The Kier molecular flexibility index (Phi) is 5.53. The van der Waals surface area contributed by atoms with Crippen LogP contribution in [0.3, 0.4) is 0 Å². The molecule has 82 valence electrons. The van der Waals surface area contributed by atoms with Gasteiger partial charge in [0.05, 0.1) is 18.8 Å². The van der Waals surface area contributed by atoms with Crippen LogP contribution in [0.25, 0.3) is 0 Å². The first kappa shape index (κ1) is 13.2. The molecular weight excluding hydrogens is 196 g/mol. The highest BCUT2D eigenvalue weighted by Gasteiger charge is 2.15. The molecule has 0 aliphatic carbocycles. The standard InChI is InChI=1S/C10H20O3Si/c1-6-12-10(11)8-7-9(2)13-14(3,4)5/h7H,6,8H2,1-5H3. The summed E-state index contributed by atoms with van der Waals surface area (Å²) in [5, 5.41) is 0. The van der Waals surface area contributed by atoms with Crippen LogP contribution in [0.15, 0.2) is 11.8 Å². The number of carbonyl (C=O) groups excluding carboxylic acids is 1. The number of hydrogen-bond donors (Lipinski definition) is 0. The molecule has 0 saturated heterocycles. The molecule has 0 spiro atoms. The molecule has 14 heavy (non-hydrogen) atoms. The molecule has 0 N–H and O–H groups in total. The summed E-state index contributed by atoms with van der Waals surface area (Å²) in [6.07, 6.45) is 2.07. The summed E-state index contributed by atoms with van der Waals surface area (Å²) in [6, 6.07) is 0. The van der Waals surface area contributed by atoms with E-state index in [-0.39, 0.29) is 5.97 Å². The second-order valence-electron chi connectivity index (χ2n) is 4.04. The van der Waals surface area contributed by atoms with Gasteiger partial charge >= 0.3 is 5.97 Å². The maximum atomic E-state index is 11.0. The highest BCUT2D eigenvalue weighted by Crippen LogP contribution is 2.10. The van der Waals surface area contributed by atoms with E-state index in [9.17, 15) is 4.79 Å². The zero-order valence-electron chi connectivity index (χ0n) is 9.72. The molecule has 0 heterocycles. The quantitative estimate of drug-likeness (QED) is 0.403. The molecule has 3 nitrogen and oxygen atoms in total. The number of esters is 1. The third-order valence-corrected chi connectivity index (χ3v) is 2.26. The maximum Gasteiger partial charge on any atom is 0.309 e. The zero-order chi connectivity index (χ0) is 11.2. The summed E-state index contributed by atoms with van der Waals surface area (Å²) in [5.74, 6) is 0.614. The molecule has 0 amide bonds. The minimum absolute atomic E-state index is 0.203. The van der Waals surface area contributed by atoms with Gasteiger partial charge in [-0.3, -0.25) is 4.79 Å². The Bertz CT molecular complexity index is 216. The van der Waals surface area contributed by atoms with Crippen molar-refractivity contribution in [3.63, 3.8) is 0 Å². The average Bonchev–Trinajstić information content (AvgIpc) is 1.98. The minimum Gasteiger partial charge on any atom is -0.548 e. The Hall–Kier alpha value is -0.773. The molecule has 0 fully saturated rings. The van der Waals surface area contributed by atoms with Gasteiger partial charge < -0.3 is 9.16 Å². The van der Waals surface area contributed by atoms with Gasteiger partial charge in [-0.05, 0) is 39.6 Å². The third kappa shape index (κ3) is 7.85. The fourth-order valence-electron chi connectivity index (χ4n) is 0.972. The SMILES string of the molecule is CCOC(=O)CC=C(C)O[Si](C)(C)C. The van der Waals surface area contributed by atoms with Crippen LogP contribution in [0.1, 0.15) is 20.3 Å². The molecule has 4 heteroatoms. The second kappa shape index (κ2) is 5.85. The molecule has 0 aromatic carbocycles. The van der Waals surface area contributed by atoms with Crippen LogP contribution < -0.4 is 0 Å². The lowest BCUT2D eigenvalue weighted by molar-refractivity contribution is -0.142. The molecule has 0 bridgehead atoms. The number of ether oxygens (including phenoxy) is 1. The third-order valence-electron chi connectivity index (χ3n) is 1.33. The van der Waals surface area contributed by atoms with Crippen molar-refractivity contribution in [2.24, 2.45) is 0 Å². The zero-order valence-corrected chi connectivity index (χ0v) is 10.7. The van der Waals surface area contributed by atoms with E-state index in [1.54, 1.807) is 13.0 Å². The van der Waals surface area contributed by atoms with Gasteiger partial charge in [0.25, 0.3) is 0 Å². The van der Waals surface area contributed by atoms with Crippen LogP contribution in [-0.4, -0.2) is 20.9 Å². The lowest BCUT2D eigenvalue weighted by atomic mass is 10.4. The van der Waals surface area contributed by atoms with Gasteiger partial charge in [0.15, 0.2) is 0 Å². The van der Waals surface area contributed by atoms with E-state index in [4.69, 9.17) is 9.16 Å². The fraction of sp³-hybridized carbons (Fsp3) is 0.700. The first-order chi connectivity index (χ1) is 6.35. The Morgan fingerprint density at radius 2 is 1.93 bits per heavy atom. The van der Waals surface area contributed by atoms with Gasteiger partial charge in [-0.25, -0.2) is 0 Å². The van der Waals surface area contributed by atoms with Crippen molar-refractivity contribution in [1.82, 2.24) is 0 Å². The molecule has 0 aromatic rings. The van der Waals surface area contributed by atoms with Crippen molar-refractivity contribution in [3.05, 3.63) is 11.8 Å². The molecular formula is C10H20O3Si. The van der Waals surface area contributed by atoms with Gasteiger partial charge in [-0.2, -0.15) is 0 Å². The minimum atomic E-state index is -1.53. The van der Waals surface area contributed by atoms with Gasteiger partial charge in [0.1, 0.15) is 0 Å². The van der Waals surface area contributed by atoms with E-state index < -0.39 is 8.32 Å². The predicted molar refractivity (Wildman–Crippen MR) is 59.4 cm³/mol. The molecule has 0 saturated carbocycles. The van der Waals surface area contributed by atoms with Gasteiger partial charge in [-0.15, -0.1) is 0 Å². The lowest BCUT2D eigenvalue weighted by Gasteiger charge is -2.19. The molecule has 0 aliphatic heterocycles. The summed E-state index contributed by atoms with van der Waals surface area (Å²) in [7, 11) is -1.53. The Morgan fingerprint density at radius 1 is 1.36 bits per heavy atom. The normalized spacial score (nSPS) is 12.5. The molecule has 0 aliphatic rings. The fourth-order valence-corrected chi connectivity index (χ4v) is 2.02. The maximum absolute atomic E-state index is 11.0. The van der Waals surface area contributed by atoms with Crippen LogP contribution in [0.4, 0.5) is 0 Å². The summed E-state index contributed by atoms with van der Waals surface area (Å²) in [5.41, 5.74) is 0. The van der Waals surface area contributed by atoms with E-state index in [0.717, 1.165) is 5.76 Å². The number of allylic oxidation sites excluding steroid dienone is 1. The highest BCUT2D eigenvalue weighted by atomic mass is 28.4. The van der Waals surface area contributed by atoms with Crippen molar-refractivity contribution in [2.75, 3.05) is 6.61 Å². The van der Waals surface area contributed by atoms with Crippen LogP contribution >= 0.6 is 0 Å². The van der Waals surface area contributed by atoms with Crippen LogP contribution in [0, 0.1) is 0 Å². The van der Waals surface area contributed by atoms with Crippen LogP contribution in [0.2, 0.25) is 19.6 Å². The van der Waals surface area contributed by atoms with Crippen molar-refractivity contribution < 1.29 is 14.0 Å². The lowest BCUT2D eigenvalue weighted by Crippen LogP contribution is -2.24. The van der Waals surface area contributed by atoms with Gasteiger partial charge in [-0.1, -0.05) is 0 Å². The molecule has 0 aromatic heterocycles. The largest absolute Gasteiger partial charge is 0.548 e. The second-order valence-corrected chi connectivity index (χ2v) is 8.47. The molecule has 0 atom stereocenters. The molecule has 0 unspecified atom stereocenters. The van der Waals surface area contributed by atoms with Gasteiger partial charge in [0, 0.05) is 0 Å². The first-order valence-electron chi connectivity index (χ1n) is 4.86. The first-order valence-corrected chi connectivity index (χ1v) is 8.27. The van der Waals surface area contributed by atoms with Crippen molar-refractivity contribution in [2.45, 2.75) is 39.9 Å². The highest BCUT2D eigenvalue weighted by molar-refractivity contribution is 6.70. The Labute approximate surface area is 87.2 Å². The smallest absolute Gasteiger partial charge is 0.309 e. The van der Waals surface area contributed by atoms with Crippen molar-refractivity contribution >= 4 is 14.3 Å². The average molecular weight is 216 g/mol. The number of carbonyl (C=O) groups is 1. The Morgan fingerprint density at radius 3 is 2.36 bits per heavy atom. The topological polar surface area (TPSA) is 35.5 Å². The summed E-state index contributed by atoms with van der Waals surface area (Å²) in [4.78, 5) is 11.0. The molecule has 0 radical (unpaired) electrons. The van der Waals surface area contributed by atoms with E-state index >= 15 is 0 Å². The molecule has 0 rings (SSSR count). The van der Waals surface area contributed by atoms with Crippen molar-refractivity contribution in [1.29, 1.82) is 0 Å². The van der Waals surface area contributed by atoms with E-state index in [2.05, 4.69) is 19.6 Å². The number of hydrogen-bond acceptors (Lipinski definition) is 3. The monoisotopic (exact) mass is 216 g/mol. The van der Waals surface area contributed by atoms with E-state index in [1.807, 2.05) is 6.92 Å². The van der Waals surface area contributed by atoms with E-state index in [1.165, 1.54) is 0 Å². The van der Waals surface area contributed by atoms with Crippen molar-refractivity contribution in [3.8, 4) is 0 Å². The summed E-state index contributed by atoms with van der Waals surface area (Å²) in [6.45, 7) is 10.4. The van der Waals surface area contributed by atoms with Gasteiger partial charge in [0.2, 0.25) is 8.32 Å². The predicted octanol–water partition coefficient (Wildman–Crippen LogP) is 2.69. The summed E-state index contributed by atoms with van der Waals surface area (Å²) >= 11 is 0. The van der Waals surface area contributed by atoms with E-state index in [0.29, 0.717) is 13.0 Å². The van der Waals surface area contributed by atoms with Crippen LogP contribution in [-0.2, 0) is 14.0 Å². The van der Waals surface area contributed by atoms with Crippen LogP contribution in [0.5, 0.6) is 0 Å². The Balaban J connectivity index is 3.94.